The van der Waals surface area contributed by atoms with Gasteiger partial charge in [0.2, 0.25) is 0 Å². The average molecular weight is 512 g/mol. The van der Waals surface area contributed by atoms with Crippen molar-refractivity contribution in [2.45, 2.75) is 13.2 Å². The molecule has 1 heterocycles. The first-order valence-corrected chi connectivity index (χ1v) is 11.8. The van der Waals surface area contributed by atoms with Crippen molar-refractivity contribution in [2.24, 2.45) is 0 Å². The molecule has 0 aliphatic carbocycles. The van der Waals surface area contributed by atoms with Gasteiger partial charge in [0, 0.05) is 27.2 Å². The minimum absolute atomic E-state index is 0.181. The lowest BCUT2D eigenvalue weighted by molar-refractivity contribution is 0.0702. The Morgan fingerprint density at radius 1 is 0.882 bits per heavy atom. The Bertz CT molecular complexity index is 1270. The van der Waals surface area contributed by atoms with Crippen LogP contribution < -0.4 is 9.47 Å². The van der Waals surface area contributed by atoms with Crippen LogP contribution in [0.1, 0.15) is 31.4 Å². The SMILES string of the molecule is O=C(O)c1cnc(/C=C/c2cc(OCc3ccccc3Cl)cc(OCc3ccccc3Cl)c2)s1. The molecule has 0 unspecified atom stereocenters. The van der Waals surface area contributed by atoms with Crippen LogP contribution in [0.25, 0.3) is 12.2 Å². The molecule has 0 aliphatic rings. The van der Waals surface area contributed by atoms with Crippen molar-refractivity contribution < 1.29 is 19.4 Å². The Morgan fingerprint density at radius 3 is 1.94 bits per heavy atom. The molecule has 1 aromatic heterocycles. The molecule has 0 bridgehead atoms. The maximum atomic E-state index is 11.1. The van der Waals surface area contributed by atoms with Crippen molar-refractivity contribution in [1.29, 1.82) is 0 Å². The number of halogens is 2. The summed E-state index contributed by atoms with van der Waals surface area (Å²) in [7, 11) is 0. The third-order valence-corrected chi connectivity index (χ3v) is 6.45. The number of carboxylic acids is 1. The van der Waals surface area contributed by atoms with E-state index in [9.17, 15) is 4.79 Å². The van der Waals surface area contributed by atoms with E-state index in [2.05, 4.69) is 4.98 Å². The van der Waals surface area contributed by atoms with E-state index in [0.29, 0.717) is 39.8 Å². The maximum Gasteiger partial charge on any atom is 0.347 e. The minimum Gasteiger partial charge on any atom is -0.489 e. The molecular weight excluding hydrogens is 493 g/mol. The van der Waals surface area contributed by atoms with Gasteiger partial charge in [-0.2, -0.15) is 0 Å². The van der Waals surface area contributed by atoms with Crippen LogP contribution in [0.4, 0.5) is 0 Å². The molecule has 3 aromatic carbocycles. The lowest BCUT2D eigenvalue weighted by atomic mass is 10.1. The normalized spacial score (nSPS) is 11.0. The molecule has 5 nitrogen and oxygen atoms in total. The topological polar surface area (TPSA) is 68.7 Å². The molecule has 0 fully saturated rings. The summed E-state index contributed by atoms with van der Waals surface area (Å²) in [4.78, 5) is 15.4. The first-order valence-electron chi connectivity index (χ1n) is 10.2. The fraction of sp³-hybridized carbons (Fsp3) is 0.0769. The first-order chi connectivity index (χ1) is 16.5. The van der Waals surface area contributed by atoms with Crippen LogP contribution >= 0.6 is 34.5 Å². The fourth-order valence-electron chi connectivity index (χ4n) is 3.04. The fourth-order valence-corrected chi connectivity index (χ4v) is 4.08. The molecule has 172 valence electrons. The monoisotopic (exact) mass is 511 g/mol. The summed E-state index contributed by atoms with van der Waals surface area (Å²) in [5, 5.41) is 10.9. The number of hydrogen-bond acceptors (Lipinski definition) is 5. The third kappa shape index (κ3) is 6.38. The van der Waals surface area contributed by atoms with Crippen molar-refractivity contribution in [3.05, 3.63) is 110 Å². The molecule has 0 radical (unpaired) electrons. The Morgan fingerprint density at radius 2 is 1.44 bits per heavy atom. The molecule has 0 saturated heterocycles. The van der Waals surface area contributed by atoms with E-state index in [1.165, 1.54) is 6.20 Å². The van der Waals surface area contributed by atoms with Gasteiger partial charge in [-0.15, -0.1) is 11.3 Å². The zero-order chi connectivity index (χ0) is 23.9. The predicted octanol–water partition coefficient (Wildman–Crippen LogP) is 7.48. The molecule has 0 saturated carbocycles. The van der Waals surface area contributed by atoms with Crippen LogP contribution in [0.2, 0.25) is 10.0 Å². The molecule has 1 N–H and O–H groups in total. The number of ether oxygens (including phenoxy) is 2. The number of carboxylic acid groups (broad SMARTS) is 1. The summed E-state index contributed by atoms with van der Waals surface area (Å²) in [6.45, 7) is 0.594. The van der Waals surface area contributed by atoms with Gasteiger partial charge in [0.1, 0.15) is 34.6 Å². The summed E-state index contributed by atoms with van der Waals surface area (Å²) in [5.74, 6) is 0.200. The van der Waals surface area contributed by atoms with E-state index in [4.69, 9.17) is 37.8 Å². The zero-order valence-electron chi connectivity index (χ0n) is 17.8. The van der Waals surface area contributed by atoms with Crippen molar-refractivity contribution >= 4 is 52.7 Å². The van der Waals surface area contributed by atoms with Gasteiger partial charge < -0.3 is 14.6 Å². The van der Waals surface area contributed by atoms with Gasteiger partial charge in [0.05, 0.1) is 6.20 Å². The molecule has 4 aromatic rings. The quantitative estimate of drug-likeness (QED) is 0.252. The van der Waals surface area contributed by atoms with E-state index in [0.717, 1.165) is 28.0 Å². The van der Waals surface area contributed by atoms with Gasteiger partial charge in [-0.1, -0.05) is 65.7 Å². The zero-order valence-corrected chi connectivity index (χ0v) is 20.1. The molecule has 4 rings (SSSR count). The second-order valence-electron chi connectivity index (χ2n) is 7.20. The highest BCUT2D eigenvalue weighted by Gasteiger charge is 2.08. The lowest BCUT2D eigenvalue weighted by Gasteiger charge is -2.12. The van der Waals surface area contributed by atoms with Crippen molar-refractivity contribution in [1.82, 2.24) is 4.98 Å². The largest absolute Gasteiger partial charge is 0.489 e. The van der Waals surface area contributed by atoms with E-state index < -0.39 is 5.97 Å². The Hall–Kier alpha value is -3.32. The Labute approximate surface area is 210 Å². The molecule has 8 heteroatoms. The highest BCUT2D eigenvalue weighted by molar-refractivity contribution is 7.14. The maximum absolute atomic E-state index is 11.1. The Balaban J connectivity index is 1.56. The average Bonchev–Trinajstić information content (AvgIpc) is 3.31. The van der Waals surface area contributed by atoms with Gasteiger partial charge in [0.15, 0.2) is 0 Å². The standard InChI is InChI=1S/C26H19Cl2NO4S/c27-22-7-3-1-5-18(22)15-32-20-11-17(9-10-25-29-14-24(34-25)26(30)31)12-21(13-20)33-16-19-6-2-4-8-23(19)28/h1-14H,15-16H2,(H,30,31)/b10-9+. The number of hydrogen-bond donors (Lipinski definition) is 1. The molecular formula is C26H19Cl2NO4S. The molecule has 0 atom stereocenters. The highest BCUT2D eigenvalue weighted by atomic mass is 35.5. The van der Waals surface area contributed by atoms with Crippen LogP contribution in [0.3, 0.4) is 0 Å². The van der Waals surface area contributed by atoms with Crippen molar-refractivity contribution in [3.63, 3.8) is 0 Å². The summed E-state index contributed by atoms with van der Waals surface area (Å²) in [6.07, 6.45) is 4.92. The smallest absolute Gasteiger partial charge is 0.347 e. The van der Waals surface area contributed by atoms with Gasteiger partial charge >= 0.3 is 5.97 Å². The summed E-state index contributed by atoms with van der Waals surface area (Å²) in [5.41, 5.74) is 2.54. The van der Waals surface area contributed by atoms with Crippen LogP contribution in [-0.4, -0.2) is 16.1 Å². The van der Waals surface area contributed by atoms with Crippen molar-refractivity contribution in [3.8, 4) is 11.5 Å². The molecule has 0 spiro atoms. The van der Waals surface area contributed by atoms with Crippen LogP contribution in [0, 0.1) is 0 Å². The van der Waals surface area contributed by atoms with Gasteiger partial charge in [-0.25, -0.2) is 9.78 Å². The summed E-state index contributed by atoms with van der Waals surface area (Å²) >= 11 is 13.6. The third-order valence-electron chi connectivity index (χ3n) is 4.76. The van der Waals surface area contributed by atoms with Crippen LogP contribution in [0.5, 0.6) is 11.5 Å². The van der Waals surface area contributed by atoms with E-state index in [1.54, 1.807) is 12.1 Å². The van der Waals surface area contributed by atoms with Gasteiger partial charge in [-0.05, 0) is 35.9 Å². The number of aromatic nitrogens is 1. The first kappa shape index (κ1) is 23.8. The molecule has 0 amide bonds. The number of aromatic carboxylic acids is 1. The van der Waals surface area contributed by atoms with E-state index in [-0.39, 0.29) is 4.88 Å². The number of rotatable bonds is 9. The summed E-state index contributed by atoms with van der Waals surface area (Å²) < 4.78 is 12.0. The van der Waals surface area contributed by atoms with E-state index >= 15 is 0 Å². The number of benzene rings is 3. The van der Waals surface area contributed by atoms with Crippen LogP contribution in [-0.2, 0) is 13.2 Å². The highest BCUT2D eigenvalue weighted by Crippen LogP contribution is 2.28. The van der Waals surface area contributed by atoms with Crippen molar-refractivity contribution in [2.75, 3.05) is 0 Å². The van der Waals surface area contributed by atoms with E-state index in [1.807, 2.05) is 66.7 Å². The minimum atomic E-state index is -0.998. The van der Waals surface area contributed by atoms with Gasteiger partial charge in [-0.3, -0.25) is 0 Å². The number of nitrogens with zero attached hydrogens (tertiary/aromatic N) is 1. The van der Waals surface area contributed by atoms with Crippen LogP contribution in [0.15, 0.2) is 72.9 Å². The second kappa shape index (κ2) is 11.2. The summed E-state index contributed by atoms with van der Waals surface area (Å²) in [6, 6.07) is 20.5. The Kier molecular flexibility index (Phi) is 7.85. The number of carbonyl (C=O) groups is 1. The number of thiazole rings is 1. The lowest BCUT2D eigenvalue weighted by Crippen LogP contribution is -1.99. The molecule has 0 aliphatic heterocycles. The second-order valence-corrected chi connectivity index (χ2v) is 9.08. The molecule has 34 heavy (non-hydrogen) atoms. The van der Waals surface area contributed by atoms with Gasteiger partial charge in [0.25, 0.3) is 0 Å². The predicted molar refractivity (Wildman–Crippen MR) is 136 cm³/mol.